The summed E-state index contributed by atoms with van der Waals surface area (Å²) in [6.45, 7) is 10.6. The summed E-state index contributed by atoms with van der Waals surface area (Å²) in [5.74, 6) is 3.06. The molecule has 1 aliphatic rings. The Morgan fingerprint density at radius 1 is 1.24 bits per heavy atom. The predicted molar refractivity (Wildman–Crippen MR) is 128 cm³/mol. The average Bonchev–Trinajstić information content (AvgIpc) is 3.07. The minimum Gasteiger partial charge on any atom is -0.495 e. The van der Waals surface area contributed by atoms with E-state index in [0.29, 0.717) is 5.92 Å². The number of aliphatic imine (C=N–C) groups is 1. The van der Waals surface area contributed by atoms with Crippen LogP contribution in [0.25, 0.3) is 0 Å². The molecule has 29 heavy (non-hydrogen) atoms. The van der Waals surface area contributed by atoms with Gasteiger partial charge in [-0.3, -0.25) is 4.99 Å². The topological polar surface area (TPSA) is 66.1 Å². The van der Waals surface area contributed by atoms with Crippen LogP contribution < -0.4 is 15.0 Å². The third-order valence-corrected chi connectivity index (χ3v) is 5.36. The molecular weight excluding hydrogens is 481 g/mol. The van der Waals surface area contributed by atoms with Gasteiger partial charge in [-0.15, -0.1) is 24.0 Å². The molecule has 0 spiro atoms. The smallest absolute Gasteiger partial charge is 0.193 e. The second-order valence-electron chi connectivity index (χ2n) is 7.21. The zero-order valence-corrected chi connectivity index (χ0v) is 20.3. The Labute approximate surface area is 190 Å². The maximum atomic E-state index is 5.51. The summed E-state index contributed by atoms with van der Waals surface area (Å²) in [6, 6.07) is 8.19. The largest absolute Gasteiger partial charge is 0.495 e. The lowest BCUT2D eigenvalue weighted by molar-refractivity contribution is 0.366. The van der Waals surface area contributed by atoms with E-state index in [0.717, 1.165) is 61.6 Å². The first kappa shape index (κ1) is 23.3. The molecule has 0 aliphatic carbocycles. The third-order valence-electron chi connectivity index (χ3n) is 5.36. The van der Waals surface area contributed by atoms with E-state index in [-0.39, 0.29) is 24.0 Å². The Morgan fingerprint density at radius 3 is 2.52 bits per heavy atom. The van der Waals surface area contributed by atoms with E-state index >= 15 is 0 Å². The molecule has 1 saturated heterocycles. The molecule has 1 atom stereocenters. The van der Waals surface area contributed by atoms with Gasteiger partial charge >= 0.3 is 0 Å². The third kappa shape index (κ3) is 5.34. The fourth-order valence-corrected chi connectivity index (χ4v) is 3.92. The first-order chi connectivity index (χ1) is 13.5. The van der Waals surface area contributed by atoms with Crippen LogP contribution >= 0.6 is 24.0 Å². The minimum atomic E-state index is 0. The maximum Gasteiger partial charge on any atom is 0.193 e. The average molecular weight is 513 g/mol. The van der Waals surface area contributed by atoms with Gasteiger partial charge in [0.2, 0.25) is 0 Å². The SMILES string of the molecule is CN=C(NCC(C)c1c(C)noc1C)N1CCN(c2ccccc2OC)CC1.I. The number of nitrogens with zero attached hydrogens (tertiary/aromatic N) is 4. The van der Waals surface area contributed by atoms with Crippen molar-refractivity contribution in [3.8, 4) is 5.75 Å². The molecule has 3 rings (SSSR count). The second-order valence-corrected chi connectivity index (χ2v) is 7.21. The van der Waals surface area contributed by atoms with Gasteiger partial charge in [-0.25, -0.2) is 0 Å². The summed E-state index contributed by atoms with van der Waals surface area (Å²) in [5, 5.41) is 7.59. The maximum absolute atomic E-state index is 5.51. The van der Waals surface area contributed by atoms with Crippen molar-refractivity contribution in [3.05, 3.63) is 41.3 Å². The number of aryl methyl sites for hydroxylation is 2. The number of halogens is 1. The minimum absolute atomic E-state index is 0. The molecule has 1 fully saturated rings. The molecule has 0 saturated carbocycles. The van der Waals surface area contributed by atoms with Crippen molar-refractivity contribution in [2.45, 2.75) is 26.7 Å². The number of hydrogen-bond acceptors (Lipinski definition) is 5. The van der Waals surface area contributed by atoms with Gasteiger partial charge < -0.3 is 24.4 Å². The van der Waals surface area contributed by atoms with Gasteiger partial charge in [0.25, 0.3) is 0 Å². The molecule has 1 aromatic heterocycles. The van der Waals surface area contributed by atoms with Gasteiger partial charge in [0.05, 0.1) is 18.5 Å². The van der Waals surface area contributed by atoms with Crippen LogP contribution in [0.1, 0.15) is 29.9 Å². The Bertz CT molecular complexity index is 796. The Morgan fingerprint density at radius 2 is 1.93 bits per heavy atom. The van der Waals surface area contributed by atoms with Crippen LogP contribution in [0, 0.1) is 13.8 Å². The lowest BCUT2D eigenvalue weighted by atomic mass is 10.00. The van der Waals surface area contributed by atoms with Gasteiger partial charge in [0.15, 0.2) is 5.96 Å². The molecular formula is C21H32IN5O2. The van der Waals surface area contributed by atoms with Gasteiger partial charge in [-0.1, -0.05) is 24.2 Å². The van der Waals surface area contributed by atoms with E-state index in [1.165, 1.54) is 5.56 Å². The van der Waals surface area contributed by atoms with Gasteiger partial charge in [0.1, 0.15) is 11.5 Å². The summed E-state index contributed by atoms with van der Waals surface area (Å²) in [6.07, 6.45) is 0. The van der Waals surface area contributed by atoms with Crippen LogP contribution in [0.5, 0.6) is 5.75 Å². The number of nitrogens with one attached hydrogen (secondary N) is 1. The zero-order chi connectivity index (χ0) is 20.1. The van der Waals surface area contributed by atoms with Crippen molar-refractivity contribution in [1.29, 1.82) is 0 Å². The molecule has 1 N–H and O–H groups in total. The molecule has 1 unspecified atom stereocenters. The number of hydrogen-bond donors (Lipinski definition) is 1. The molecule has 1 aliphatic heterocycles. The van der Waals surface area contributed by atoms with Crippen LogP contribution in [0.4, 0.5) is 5.69 Å². The molecule has 8 heteroatoms. The number of para-hydroxylation sites is 2. The lowest BCUT2D eigenvalue weighted by Gasteiger charge is -2.38. The van der Waals surface area contributed by atoms with E-state index < -0.39 is 0 Å². The number of guanidine groups is 1. The Kier molecular flexibility index (Phi) is 8.60. The van der Waals surface area contributed by atoms with Gasteiger partial charge in [-0.2, -0.15) is 0 Å². The first-order valence-electron chi connectivity index (χ1n) is 9.81. The molecule has 0 radical (unpaired) electrons. The number of piperazine rings is 1. The molecule has 1 aromatic carbocycles. The Balaban J connectivity index is 0.00000300. The summed E-state index contributed by atoms with van der Waals surface area (Å²) in [4.78, 5) is 9.17. The highest BCUT2D eigenvalue weighted by atomic mass is 127. The summed E-state index contributed by atoms with van der Waals surface area (Å²) in [5.41, 5.74) is 3.30. The van der Waals surface area contributed by atoms with Crippen LogP contribution in [-0.4, -0.2) is 62.9 Å². The number of anilines is 1. The van der Waals surface area contributed by atoms with Crippen LogP contribution in [0.3, 0.4) is 0 Å². The summed E-state index contributed by atoms with van der Waals surface area (Å²) in [7, 11) is 3.57. The van der Waals surface area contributed by atoms with Crippen LogP contribution in [0.2, 0.25) is 0 Å². The summed E-state index contributed by atoms with van der Waals surface area (Å²) >= 11 is 0. The molecule has 7 nitrogen and oxygen atoms in total. The zero-order valence-electron chi connectivity index (χ0n) is 17.9. The van der Waals surface area contributed by atoms with E-state index in [9.17, 15) is 0 Å². The number of methoxy groups -OCH3 is 1. The lowest BCUT2D eigenvalue weighted by Crippen LogP contribution is -2.53. The fraction of sp³-hybridized carbons (Fsp3) is 0.524. The van der Waals surface area contributed by atoms with E-state index in [1.807, 2.05) is 33.0 Å². The molecule has 2 aromatic rings. The van der Waals surface area contributed by atoms with E-state index in [1.54, 1.807) is 7.11 Å². The highest BCUT2D eigenvalue weighted by Gasteiger charge is 2.23. The first-order valence-corrected chi connectivity index (χ1v) is 9.81. The standard InChI is InChI=1S/C21H31N5O2.HI/c1-15(20-16(2)24-28-17(20)3)14-23-21(22-4)26-12-10-25(11-13-26)18-8-6-7-9-19(18)27-5;/h6-9,15H,10-14H2,1-5H3,(H,22,23);1H. The van der Waals surface area contributed by atoms with E-state index in [2.05, 4.69) is 44.3 Å². The van der Waals surface area contributed by atoms with Gasteiger partial charge in [0, 0.05) is 51.3 Å². The quantitative estimate of drug-likeness (QED) is 0.376. The number of benzene rings is 1. The number of aromatic nitrogens is 1. The molecule has 160 valence electrons. The predicted octanol–water partition coefficient (Wildman–Crippen LogP) is 3.42. The highest BCUT2D eigenvalue weighted by molar-refractivity contribution is 14.0. The fourth-order valence-electron chi connectivity index (χ4n) is 3.92. The molecule has 0 bridgehead atoms. The molecule has 2 heterocycles. The van der Waals surface area contributed by atoms with E-state index in [4.69, 9.17) is 9.26 Å². The number of ether oxygens (including phenoxy) is 1. The number of rotatable bonds is 5. The van der Waals surface area contributed by atoms with Crippen LogP contribution in [-0.2, 0) is 0 Å². The summed E-state index contributed by atoms with van der Waals surface area (Å²) < 4.78 is 10.8. The normalized spacial score (nSPS) is 15.7. The van der Waals surface area contributed by atoms with Crippen molar-refractivity contribution in [2.24, 2.45) is 4.99 Å². The Hall–Kier alpha value is -1.97. The van der Waals surface area contributed by atoms with Crippen molar-refractivity contribution < 1.29 is 9.26 Å². The van der Waals surface area contributed by atoms with Crippen molar-refractivity contribution in [2.75, 3.05) is 51.8 Å². The van der Waals surface area contributed by atoms with Crippen molar-refractivity contribution in [1.82, 2.24) is 15.4 Å². The molecule has 0 amide bonds. The monoisotopic (exact) mass is 513 g/mol. The van der Waals surface area contributed by atoms with Crippen molar-refractivity contribution in [3.63, 3.8) is 0 Å². The van der Waals surface area contributed by atoms with Gasteiger partial charge in [-0.05, 0) is 26.0 Å². The second kappa shape index (κ2) is 10.7. The highest BCUT2D eigenvalue weighted by Crippen LogP contribution is 2.28. The van der Waals surface area contributed by atoms with Crippen LogP contribution in [0.15, 0.2) is 33.8 Å². The van der Waals surface area contributed by atoms with Crippen molar-refractivity contribution >= 4 is 35.6 Å².